The van der Waals surface area contributed by atoms with E-state index in [1.807, 2.05) is 30.3 Å². The predicted molar refractivity (Wildman–Crippen MR) is 69.3 cm³/mol. The van der Waals surface area contributed by atoms with Gasteiger partial charge in [-0.15, -0.1) is 0 Å². The lowest BCUT2D eigenvalue weighted by atomic mass is 10.2. The summed E-state index contributed by atoms with van der Waals surface area (Å²) in [4.78, 5) is 0. The van der Waals surface area contributed by atoms with Gasteiger partial charge in [-0.1, -0.05) is 30.3 Å². The zero-order valence-electron chi connectivity index (χ0n) is 8.99. The van der Waals surface area contributed by atoms with E-state index in [0.717, 1.165) is 5.56 Å². The molecule has 0 aromatic heterocycles. The lowest BCUT2D eigenvalue weighted by molar-refractivity contribution is 0.304. The van der Waals surface area contributed by atoms with Gasteiger partial charge in [0.1, 0.15) is 12.4 Å². The first kappa shape index (κ1) is 11.9. The number of nitrogens with two attached hydrogens (primary N) is 1. The molecule has 0 aliphatic heterocycles. The number of hydrogen-bond acceptors (Lipinski definition) is 2. The van der Waals surface area contributed by atoms with E-state index in [4.69, 9.17) is 10.5 Å². The van der Waals surface area contributed by atoms with Gasteiger partial charge in [-0.2, -0.15) is 0 Å². The number of benzene rings is 2. The van der Waals surface area contributed by atoms with Crippen molar-refractivity contribution in [3.8, 4) is 5.75 Å². The summed E-state index contributed by atoms with van der Waals surface area (Å²) in [5.74, 6) is -0.0453. The molecule has 0 amide bonds. The quantitative estimate of drug-likeness (QED) is 0.875. The summed E-state index contributed by atoms with van der Waals surface area (Å²) >= 11 is 3.12. The molecule has 0 saturated carbocycles. The fourth-order valence-electron chi connectivity index (χ4n) is 1.42. The first-order chi connectivity index (χ1) is 8.18. The number of nitrogen functional groups attached to an aromatic ring is 1. The topological polar surface area (TPSA) is 35.2 Å². The van der Waals surface area contributed by atoms with Crippen molar-refractivity contribution in [2.75, 3.05) is 5.73 Å². The molecule has 4 heteroatoms. The predicted octanol–water partition coefficient (Wildman–Crippen LogP) is 3.75. The smallest absolute Gasteiger partial charge is 0.159 e. The SMILES string of the molecule is Nc1ccc(F)c(Br)c1OCc1ccccc1. The summed E-state index contributed by atoms with van der Waals surface area (Å²) in [5.41, 5.74) is 7.15. The summed E-state index contributed by atoms with van der Waals surface area (Å²) in [6, 6.07) is 12.4. The van der Waals surface area contributed by atoms with E-state index in [2.05, 4.69) is 15.9 Å². The molecular weight excluding hydrogens is 285 g/mol. The summed E-state index contributed by atoms with van der Waals surface area (Å²) in [5, 5.41) is 0. The van der Waals surface area contributed by atoms with Crippen molar-refractivity contribution in [3.05, 3.63) is 58.3 Å². The fourth-order valence-corrected chi connectivity index (χ4v) is 1.90. The molecular formula is C13H11BrFNO. The molecule has 0 heterocycles. The van der Waals surface area contributed by atoms with Crippen molar-refractivity contribution in [2.45, 2.75) is 6.61 Å². The Kier molecular flexibility index (Phi) is 3.64. The van der Waals surface area contributed by atoms with Gasteiger partial charge in [0.15, 0.2) is 5.75 Å². The van der Waals surface area contributed by atoms with Gasteiger partial charge in [-0.25, -0.2) is 4.39 Å². The minimum Gasteiger partial charge on any atom is -0.485 e. The highest BCUT2D eigenvalue weighted by atomic mass is 79.9. The second-order valence-electron chi connectivity index (χ2n) is 3.55. The maximum Gasteiger partial charge on any atom is 0.159 e. The zero-order valence-corrected chi connectivity index (χ0v) is 10.6. The van der Waals surface area contributed by atoms with E-state index in [-0.39, 0.29) is 10.3 Å². The molecule has 0 fully saturated rings. The Hall–Kier alpha value is -1.55. The lowest BCUT2D eigenvalue weighted by Crippen LogP contribution is -2.00. The van der Waals surface area contributed by atoms with Gasteiger partial charge in [0.25, 0.3) is 0 Å². The second-order valence-corrected chi connectivity index (χ2v) is 4.35. The molecule has 2 aromatic carbocycles. The van der Waals surface area contributed by atoms with Gasteiger partial charge in [0.2, 0.25) is 0 Å². The molecule has 88 valence electrons. The van der Waals surface area contributed by atoms with Crippen LogP contribution in [0.2, 0.25) is 0 Å². The van der Waals surface area contributed by atoms with Crippen LogP contribution in [0.1, 0.15) is 5.56 Å². The third kappa shape index (κ3) is 2.77. The molecule has 2 nitrogen and oxygen atoms in total. The van der Waals surface area contributed by atoms with Crippen LogP contribution in [-0.4, -0.2) is 0 Å². The minimum absolute atomic E-state index is 0.258. The first-order valence-corrected chi connectivity index (χ1v) is 5.88. The number of anilines is 1. The molecule has 0 bridgehead atoms. The Balaban J connectivity index is 2.17. The molecule has 0 aliphatic rings. The Labute approximate surface area is 107 Å². The van der Waals surface area contributed by atoms with Crippen LogP contribution in [0, 0.1) is 5.82 Å². The first-order valence-electron chi connectivity index (χ1n) is 5.08. The highest BCUT2D eigenvalue weighted by Crippen LogP contribution is 2.34. The molecule has 0 unspecified atom stereocenters. The lowest BCUT2D eigenvalue weighted by Gasteiger charge is -2.11. The monoisotopic (exact) mass is 295 g/mol. The van der Waals surface area contributed by atoms with Crippen LogP contribution in [0.25, 0.3) is 0 Å². The summed E-state index contributed by atoms with van der Waals surface area (Å²) in [6.07, 6.45) is 0. The second kappa shape index (κ2) is 5.19. The Morgan fingerprint density at radius 1 is 1.12 bits per heavy atom. The minimum atomic E-state index is -0.387. The van der Waals surface area contributed by atoms with Crippen LogP contribution in [0.15, 0.2) is 46.9 Å². The van der Waals surface area contributed by atoms with Crippen molar-refractivity contribution in [1.82, 2.24) is 0 Å². The van der Waals surface area contributed by atoms with E-state index in [1.54, 1.807) is 0 Å². The van der Waals surface area contributed by atoms with Gasteiger partial charge in [-0.3, -0.25) is 0 Å². The van der Waals surface area contributed by atoms with Crippen LogP contribution in [0.3, 0.4) is 0 Å². The van der Waals surface area contributed by atoms with E-state index >= 15 is 0 Å². The van der Waals surface area contributed by atoms with Crippen molar-refractivity contribution in [1.29, 1.82) is 0 Å². The van der Waals surface area contributed by atoms with E-state index in [1.165, 1.54) is 12.1 Å². The maximum absolute atomic E-state index is 13.3. The molecule has 2 N–H and O–H groups in total. The number of halogens is 2. The Morgan fingerprint density at radius 3 is 2.53 bits per heavy atom. The summed E-state index contributed by atoms with van der Waals surface area (Å²) < 4.78 is 19.1. The molecule has 0 atom stereocenters. The van der Waals surface area contributed by atoms with Crippen molar-refractivity contribution < 1.29 is 9.13 Å². The summed E-state index contributed by atoms with van der Waals surface area (Å²) in [6.45, 7) is 0.354. The van der Waals surface area contributed by atoms with Crippen LogP contribution >= 0.6 is 15.9 Å². The highest BCUT2D eigenvalue weighted by molar-refractivity contribution is 9.10. The van der Waals surface area contributed by atoms with E-state index in [9.17, 15) is 4.39 Å². The van der Waals surface area contributed by atoms with Crippen LogP contribution < -0.4 is 10.5 Å². The third-order valence-corrected chi connectivity index (χ3v) is 3.05. The average Bonchev–Trinajstić information content (AvgIpc) is 2.35. The molecule has 0 spiro atoms. The number of hydrogen-bond donors (Lipinski definition) is 1. The van der Waals surface area contributed by atoms with E-state index in [0.29, 0.717) is 18.0 Å². The van der Waals surface area contributed by atoms with E-state index < -0.39 is 0 Å². The Morgan fingerprint density at radius 2 is 1.82 bits per heavy atom. The zero-order chi connectivity index (χ0) is 12.3. The van der Waals surface area contributed by atoms with Crippen LogP contribution in [0.4, 0.5) is 10.1 Å². The van der Waals surface area contributed by atoms with Gasteiger partial charge in [0, 0.05) is 0 Å². The van der Waals surface area contributed by atoms with Crippen molar-refractivity contribution in [2.24, 2.45) is 0 Å². The molecule has 0 radical (unpaired) electrons. The van der Waals surface area contributed by atoms with Crippen molar-refractivity contribution >= 4 is 21.6 Å². The van der Waals surface area contributed by atoms with Gasteiger partial charge >= 0.3 is 0 Å². The van der Waals surface area contributed by atoms with Crippen molar-refractivity contribution in [3.63, 3.8) is 0 Å². The molecule has 2 aromatic rings. The largest absolute Gasteiger partial charge is 0.485 e. The molecule has 2 rings (SSSR count). The summed E-state index contributed by atoms with van der Waals surface area (Å²) in [7, 11) is 0. The Bertz CT molecular complexity index is 516. The average molecular weight is 296 g/mol. The van der Waals surface area contributed by atoms with Crippen LogP contribution in [0.5, 0.6) is 5.75 Å². The van der Waals surface area contributed by atoms with Gasteiger partial charge in [0.05, 0.1) is 10.2 Å². The third-order valence-electron chi connectivity index (χ3n) is 2.31. The maximum atomic E-state index is 13.3. The fraction of sp³-hybridized carbons (Fsp3) is 0.0769. The standard InChI is InChI=1S/C13H11BrFNO/c14-12-10(15)6-7-11(16)13(12)17-8-9-4-2-1-3-5-9/h1-7H,8,16H2. The molecule has 0 saturated heterocycles. The number of rotatable bonds is 3. The van der Waals surface area contributed by atoms with Crippen LogP contribution in [-0.2, 0) is 6.61 Å². The number of ether oxygens (including phenoxy) is 1. The molecule has 17 heavy (non-hydrogen) atoms. The van der Waals surface area contributed by atoms with Gasteiger partial charge in [-0.05, 0) is 33.6 Å². The normalized spacial score (nSPS) is 10.2. The highest BCUT2D eigenvalue weighted by Gasteiger charge is 2.10. The van der Waals surface area contributed by atoms with Gasteiger partial charge < -0.3 is 10.5 Å². The molecule has 0 aliphatic carbocycles.